The van der Waals surface area contributed by atoms with E-state index in [4.69, 9.17) is 5.73 Å². The number of carbonyl (C=O) groups is 1. The summed E-state index contributed by atoms with van der Waals surface area (Å²) in [7, 11) is 0. The molecule has 1 aliphatic heterocycles. The average molecular weight is 275 g/mol. The summed E-state index contributed by atoms with van der Waals surface area (Å²) >= 11 is 0. The van der Waals surface area contributed by atoms with Gasteiger partial charge in [0, 0.05) is 12.2 Å². The maximum atomic E-state index is 11.8. The highest BCUT2D eigenvalue weighted by molar-refractivity contribution is 5.94. The first-order chi connectivity index (χ1) is 9.69. The molecule has 0 spiro atoms. The fourth-order valence-electron chi connectivity index (χ4n) is 2.57. The first kappa shape index (κ1) is 15.0. The molecule has 1 aromatic rings. The van der Waals surface area contributed by atoms with Gasteiger partial charge in [-0.25, -0.2) is 0 Å². The number of nitrogens with two attached hydrogens (primary N) is 1. The van der Waals surface area contributed by atoms with E-state index < -0.39 is 6.04 Å². The lowest BCUT2D eigenvalue weighted by atomic mass is 10.1. The molecule has 0 unspecified atom stereocenters. The molecule has 0 radical (unpaired) electrons. The van der Waals surface area contributed by atoms with Crippen LogP contribution in [0.5, 0.6) is 0 Å². The van der Waals surface area contributed by atoms with E-state index in [1.54, 1.807) is 0 Å². The molecular weight excluding hydrogens is 250 g/mol. The summed E-state index contributed by atoms with van der Waals surface area (Å²) < 4.78 is 0. The van der Waals surface area contributed by atoms with Crippen LogP contribution in [0.1, 0.15) is 38.2 Å². The van der Waals surface area contributed by atoms with E-state index in [9.17, 15) is 4.79 Å². The predicted octanol–water partition coefficient (Wildman–Crippen LogP) is 2.35. The molecule has 4 heteroatoms. The van der Waals surface area contributed by atoms with Crippen LogP contribution in [0.3, 0.4) is 0 Å². The molecule has 2 rings (SSSR count). The summed E-state index contributed by atoms with van der Waals surface area (Å²) in [6.07, 6.45) is 4.26. The van der Waals surface area contributed by atoms with Crippen LogP contribution >= 0.6 is 0 Å². The molecule has 1 saturated heterocycles. The van der Waals surface area contributed by atoms with Crippen molar-refractivity contribution >= 4 is 11.6 Å². The number of carbonyl (C=O) groups excluding carboxylic acids is 1. The van der Waals surface area contributed by atoms with Gasteiger partial charge in [0.15, 0.2) is 0 Å². The van der Waals surface area contributed by atoms with Crippen LogP contribution in [0.25, 0.3) is 0 Å². The van der Waals surface area contributed by atoms with Gasteiger partial charge in [0.1, 0.15) is 0 Å². The van der Waals surface area contributed by atoms with E-state index in [1.165, 1.54) is 31.5 Å². The number of hydrogen-bond donors (Lipinski definition) is 2. The van der Waals surface area contributed by atoms with Crippen LogP contribution in [-0.4, -0.2) is 29.9 Å². The minimum atomic E-state index is -0.413. The third-order valence-electron chi connectivity index (χ3n) is 3.76. The summed E-state index contributed by atoms with van der Waals surface area (Å²) in [6, 6.07) is 7.67. The Morgan fingerprint density at radius 2 is 1.95 bits per heavy atom. The quantitative estimate of drug-likeness (QED) is 0.838. The molecular formula is C16H25N3O. The number of benzene rings is 1. The highest BCUT2D eigenvalue weighted by Gasteiger charge is 2.13. The predicted molar refractivity (Wildman–Crippen MR) is 82.5 cm³/mol. The SMILES string of the molecule is CCC[C@H](N)C(=O)Nc1ccc(CN2CCCC2)cc1. The third kappa shape index (κ3) is 4.32. The standard InChI is InChI=1S/C16H25N3O/c1-2-5-15(17)16(20)18-14-8-6-13(7-9-14)12-19-10-3-4-11-19/h6-9,15H,2-5,10-12,17H2,1H3,(H,18,20)/t15-/m0/s1. The minimum absolute atomic E-state index is 0.0980. The van der Waals surface area contributed by atoms with Gasteiger partial charge in [0.2, 0.25) is 5.91 Å². The Balaban J connectivity index is 1.86. The second kappa shape index (κ2) is 7.41. The van der Waals surface area contributed by atoms with E-state index >= 15 is 0 Å². The minimum Gasteiger partial charge on any atom is -0.325 e. The van der Waals surface area contributed by atoms with Gasteiger partial charge in [-0.15, -0.1) is 0 Å². The second-order valence-electron chi connectivity index (χ2n) is 5.56. The van der Waals surface area contributed by atoms with Gasteiger partial charge in [0.25, 0.3) is 0 Å². The summed E-state index contributed by atoms with van der Waals surface area (Å²) in [5, 5.41) is 2.87. The maximum Gasteiger partial charge on any atom is 0.241 e. The lowest BCUT2D eigenvalue weighted by Crippen LogP contribution is -2.35. The third-order valence-corrected chi connectivity index (χ3v) is 3.76. The molecule has 0 aliphatic carbocycles. The van der Waals surface area contributed by atoms with Crippen molar-refractivity contribution in [2.45, 2.75) is 45.2 Å². The number of anilines is 1. The van der Waals surface area contributed by atoms with Gasteiger partial charge >= 0.3 is 0 Å². The summed E-state index contributed by atoms with van der Waals surface area (Å²) in [5.41, 5.74) is 7.92. The van der Waals surface area contributed by atoms with Crippen molar-refractivity contribution in [1.82, 2.24) is 4.90 Å². The fraction of sp³-hybridized carbons (Fsp3) is 0.562. The number of amides is 1. The Morgan fingerprint density at radius 1 is 1.30 bits per heavy atom. The molecule has 1 amide bonds. The van der Waals surface area contributed by atoms with Gasteiger partial charge in [-0.1, -0.05) is 25.5 Å². The molecule has 20 heavy (non-hydrogen) atoms. The van der Waals surface area contributed by atoms with Crippen molar-refractivity contribution < 1.29 is 4.79 Å². The van der Waals surface area contributed by atoms with Crippen molar-refractivity contribution in [2.24, 2.45) is 5.73 Å². The van der Waals surface area contributed by atoms with E-state index in [-0.39, 0.29) is 5.91 Å². The summed E-state index contributed by atoms with van der Waals surface area (Å²) in [6.45, 7) is 5.43. The van der Waals surface area contributed by atoms with Crippen LogP contribution in [0.4, 0.5) is 5.69 Å². The first-order valence-corrected chi connectivity index (χ1v) is 7.57. The molecule has 1 fully saturated rings. The van der Waals surface area contributed by atoms with Crippen LogP contribution < -0.4 is 11.1 Å². The number of hydrogen-bond acceptors (Lipinski definition) is 3. The molecule has 0 bridgehead atoms. The van der Waals surface area contributed by atoms with Crippen molar-refractivity contribution in [1.29, 1.82) is 0 Å². The molecule has 1 heterocycles. The van der Waals surface area contributed by atoms with Crippen LogP contribution in [-0.2, 0) is 11.3 Å². The zero-order valence-electron chi connectivity index (χ0n) is 12.3. The zero-order valence-corrected chi connectivity index (χ0v) is 12.3. The molecule has 0 saturated carbocycles. The topological polar surface area (TPSA) is 58.4 Å². The molecule has 110 valence electrons. The lowest BCUT2D eigenvalue weighted by molar-refractivity contribution is -0.117. The van der Waals surface area contributed by atoms with Crippen LogP contribution in [0.2, 0.25) is 0 Å². The average Bonchev–Trinajstić information content (AvgIpc) is 2.94. The Bertz CT molecular complexity index is 424. The van der Waals surface area contributed by atoms with Gasteiger partial charge in [-0.2, -0.15) is 0 Å². The van der Waals surface area contributed by atoms with Crippen LogP contribution in [0.15, 0.2) is 24.3 Å². The molecule has 3 N–H and O–H groups in total. The zero-order chi connectivity index (χ0) is 14.4. The number of nitrogens with one attached hydrogen (secondary N) is 1. The Morgan fingerprint density at radius 3 is 2.55 bits per heavy atom. The number of nitrogens with zero attached hydrogens (tertiary/aromatic N) is 1. The Labute approximate surface area is 121 Å². The Kier molecular flexibility index (Phi) is 5.56. The maximum absolute atomic E-state index is 11.8. The molecule has 1 atom stereocenters. The van der Waals surface area contributed by atoms with Gasteiger partial charge < -0.3 is 11.1 Å². The van der Waals surface area contributed by atoms with Crippen molar-refractivity contribution in [3.8, 4) is 0 Å². The van der Waals surface area contributed by atoms with Crippen molar-refractivity contribution in [3.63, 3.8) is 0 Å². The molecule has 0 aromatic heterocycles. The molecule has 1 aromatic carbocycles. The number of rotatable bonds is 6. The van der Waals surface area contributed by atoms with Crippen molar-refractivity contribution in [3.05, 3.63) is 29.8 Å². The van der Waals surface area contributed by atoms with Crippen molar-refractivity contribution in [2.75, 3.05) is 18.4 Å². The largest absolute Gasteiger partial charge is 0.325 e. The number of likely N-dealkylation sites (tertiary alicyclic amines) is 1. The highest BCUT2D eigenvalue weighted by Crippen LogP contribution is 2.15. The van der Waals surface area contributed by atoms with E-state index in [0.29, 0.717) is 0 Å². The monoisotopic (exact) mass is 275 g/mol. The molecule has 4 nitrogen and oxygen atoms in total. The van der Waals surface area contributed by atoms with Gasteiger partial charge in [-0.05, 0) is 50.0 Å². The Hall–Kier alpha value is -1.39. The summed E-state index contributed by atoms with van der Waals surface area (Å²) in [5.74, 6) is -0.0980. The highest BCUT2D eigenvalue weighted by atomic mass is 16.2. The van der Waals surface area contributed by atoms with Crippen LogP contribution in [0, 0.1) is 0 Å². The summed E-state index contributed by atoms with van der Waals surface area (Å²) in [4.78, 5) is 14.3. The van der Waals surface area contributed by atoms with E-state index in [1.807, 2.05) is 19.1 Å². The normalized spacial score (nSPS) is 17.1. The lowest BCUT2D eigenvalue weighted by Gasteiger charge is -2.15. The second-order valence-corrected chi connectivity index (χ2v) is 5.56. The first-order valence-electron chi connectivity index (χ1n) is 7.57. The smallest absolute Gasteiger partial charge is 0.241 e. The van der Waals surface area contributed by atoms with E-state index in [0.717, 1.165) is 25.1 Å². The molecule has 1 aliphatic rings. The van der Waals surface area contributed by atoms with Gasteiger partial charge in [0.05, 0.1) is 6.04 Å². The fourth-order valence-corrected chi connectivity index (χ4v) is 2.57. The van der Waals surface area contributed by atoms with Gasteiger partial charge in [-0.3, -0.25) is 9.69 Å². The van der Waals surface area contributed by atoms with E-state index in [2.05, 4.69) is 22.3 Å².